The second-order valence-electron chi connectivity index (χ2n) is 5.17. The highest BCUT2D eigenvalue weighted by molar-refractivity contribution is 7.91. The van der Waals surface area contributed by atoms with E-state index in [1.54, 1.807) is 24.3 Å². The first kappa shape index (κ1) is 14.5. The first-order valence-electron chi connectivity index (χ1n) is 6.81. The molecule has 0 bridgehead atoms. The van der Waals surface area contributed by atoms with Gasteiger partial charge in [0, 0.05) is 5.56 Å². The lowest BCUT2D eigenvalue weighted by Crippen LogP contribution is -2.00. The Morgan fingerprint density at radius 2 is 1.41 bits per heavy atom. The molecule has 1 aromatic heterocycles. The van der Waals surface area contributed by atoms with Gasteiger partial charge in [-0.05, 0) is 38.1 Å². The van der Waals surface area contributed by atoms with Crippen LogP contribution in [0, 0.1) is 13.8 Å². The number of hydrogen-bond acceptors (Lipinski definition) is 4. The van der Waals surface area contributed by atoms with Crippen LogP contribution in [0.2, 0.25) is 0 Å². The summed E-state index contributed by atoms with van der Waals surface area (Å²) < 4.78 is 30.5. The van der Waals surface area contributed by atoms with Gasteiger partial charge < -0.3 is 4.42 Å². The lowest BCUT2D eigenvalue weighted by molar-refractivity contribution is 0.458. The number of oxazole rings is 1. The van der Waals surface area contributed by atoms with Gasteiger partial charge in [0.05, 0.1) is 11.1 Å². The second-order valence-corrected chi connectivity index (χ2v) is 7.05. The summed E-state index contributed by atoms with van der Waals surface area (Å²) in [5.41, 5.74) is 2.86. The summed E-state index contributed by atoms with van der Waals surface area (Å²) >= 11 is 0. The van der Waals surface area contributed by atoms with Crippen molar-refractivity contribution in [2.45, 2.75) is 23.8 Å². The quantitative estimate of drug-likeness (QED) is 0.738. The highest BCUT2D eigenvalue weighted by Crippen LogP contribution is 2.26. The van der Waals surface area contributed by atoms with Gasteiger partial charge in [0.25, 0.3) is 0 Å². The molecule has 5 heteroatoms. The maximum Gasteiger partial charge on any atom is 0.243 e. The van der Waals surface area contributed by atoms with Gasteiger partial charge >= 0.3 is 0 Å². The smallest absolute Gasteiger partial charge is 0.243 e. The van der Waals surface area contributed by atoms with Gasteiger partial charge in [0.2, 0.25) is 20.8 Å². The summed E-state index contributed by atoms with van der Waals surface area (Å²) in [6.45, 7) is 3.88. The molecule has 0 radical (unpaired) electrons. The van der Waals surface area contributed by atoms with Gasteiger partial charge in [-0.1, -0.05) is 35.4 Å². The van der Waals surface area contributed by atoms with Crippen LogP contribution in [0.5, 0.6) is 0 Å². The molecule has 0 saturated heterocycles. The molecule has 0 aliphatic carbocycles. The van der Waals surface area contributed by atoms with Crippen LogP contribution < -0.4 is 0 Å². The molecule has 3 aromatic rings. The van der Waals surface area contributed by atoms with Crippen molar-refractivity contribution < 1.29 is 12.8 Å². The molecular formula is C17H15NO3S. The molecule has 3 rings (SSSR count). The van der Waals surface area contributed by atoms with Gasteiger partial charge in [-0.3, -0.25) is 0 Å². The van der Waals surface area contributed by atoms with Gasteiger partial charge in [-0.25, -0.2) is 13.4 Å². The fourth-order valence-corrected chi connectivity index (χ4v) is 3.15. The summed E-state index contributed by atoms with van der Waals surface area (Å²) in [6, 6.07) is 14.2. The van der Waals surface area contributed by atoms with Gasteiger partial charge in [0.15, 0.2) is 0 Å². The van der Waals surface area contributed by atoms with Crippen molar-refractivity contribution in [2.75, 3.05) is 0 Å². The summed E-state index contributed by atoms with van der Waals surface area (Å²) in [5.74, 6) is 0.297. The Labute approximate surface area is 129 Å². The molecule has 2 aromatic carbocycles. The predicted octanol–water partition coefficient (Wildman–Crippen LogP) is 3.79. The fraction of sp³-hybridized carbons (Fsp3) is 0.118. The van der Waals surface area contributed by atoms with E-state index in [0.29, 0.717) is 5.89 Å². The molecule has 0 amide bonds. The summed E-state index contributed by atoms with van der Waals surface area (Å²) in [7, 11) is -3.68. The van der Waals surface area contributed by atoms with E-state index in [1.807, 2.05) is 38.1 Å². The number of sulfone groups is 1. The van der Waals surface area contributed by atoms with Crippen molar-refractivity contribution in [1.82, 2.24) is 4.98 Å². The molecular weight excluding hydrogens is 298 g/mol. The minimum absolute atomic E-state index is 0.146. The fourth-order valence-electron chi connectivity index (χ4n) is 2.05. The zero-order valence-electron chi connectivity index (χ0n) is 12.3. The molecule has 0 spiro atoms. The van der Waals surface area contributed by atoms with E-state index >= 15 is 0 Å². The van der Waals surface area contributed by atoms with E-state index < -0.39 is 9.84 Å². The van der Waals surface area contributed by atoms with Crippen LogP contribution in [0.25, 0.3) is 11.5 Å². The summed E-state index contributed by atoms with van der Waals surface area (Å²) in [6.07, 6.45) is 1.25. The van der Waals surface area contributed by atoms with Crippen molar-refractivity contribution in [3.63, 3.8) is 0 Å². The van der Waals surface area contributed by atoms with Crippen molar-refractivity contribution >= 4 is 9.84 Å². The number of aryl methyl sites for hydroxylation is 2. The molecule has 0 unspecified atom stereocenters. The number of rotatable bonds is 3. The van der Waals surface area contributed by atoms with Crippen LogP contribution in [0.1, 0.15) is 11.1 Å². The summed E-state index contributed by atoms with van der Waals surface area (Å²) in [4.78, 5) is 4.28. The maximum absolute atomic E-state index is 12.5. The van der Waals surface area contributed by atoms with Crippen molar-refractivity contribution in [3.8, 4) is 11.5 Å². The molecule has 1 heterocycles. The molecule has 0 aliphatic rings. The average molecular weight is 313 g/mol. The monoisotopic (exact) mass is 313 g/mol. The maximum atomic E-state index is 12.5. The van der Waals surface area contributed by atoms with Crippen LogP contribution in [0.4, 0.5) is 0 Å². The summed E-state index contributed by atoms with van der Waals surface area (Å²) in [5, 5.41) is -0.146. The number of aromatic nitrogens is 1. The Morgan fingerprint density at radius 3 is 2.00 bits per heavy atom. The van der Waals surface area contributed by atoms with Crippen molar-refractivity contribution in [3.05, 3.63) is 65.9 Å². The minimum atomic E-state index is -3.68. The highest BCUT2D eigenvalue weighted by atomic mass is 32.2. The van der Waals surface area contributed by atoms with Crippen LogP contribution in [0.15, 0.2) is 69.1 Å². The Hall–Kier alpha value is -2.40. The zero-order chi connectivity index (χ0) is 15.7. The topological polar surface area (TPSA) is 60.2 Å². The zero-order valence-corrected chi connectivity index (χ0v) is 13.1. The molecule has 112 valence electrons. The number of hydrogen-bond donors (Lipinski definition) is 0. The average Bonchev–Trinajstić information content (AvgIpc) is 2.99. The van der Waals surface area contributed by atoms with Crippen LogP contribution in [0.3, 0.4) is 0 Å². The van der Waals surface area contributed by atoms with Crippen molar-refractivity contribution in [1.29, 1.82) is 0 Å². The van der Waals surface area contributed by atoms with Gasteiger partial charge in [0.1, 0.15) is 0 Å². The van der Waals surface area contributed by atoms with Crippen molar-refractivity contribution in [2.24, 2.45) is 0 Å². The Kier molecular flexibility index (Phi) is 3.58. The van der Waals surface area contributed by atoms with E-state index in [9.17, 15) is 8.42 Å². The van der Waals surface area contributed by atoms with Crippen LogP contribution in [-0.2, 0) is 9.84 Å². The first-order valence-corrected chi connectivity index (χ1v) is 8.30. The van der Waals surface area contributed by atoms with E-state index in [4.69, 9.17) is 4.42 Å². The Morgan fingerprint density at radius 1 is 0.864 bits per heavy atom. The minimum Gasteiger partial charge on any atom is -0.424 e. The van der Waals surface area contributed by atoms with E-state index in [-0.39, 0.29) is 9.99 Å². The molecule has 0 N–H and O–H groups in total. The first-order chi connectivity index (χ1) is 10.5. The van der Waals surface area contributed by atoms with Crippen LogP contribution in [-0.4, -0.2) is 13.4 Å². The van der Waals surface area contributed by atoms with Gasteiger partial charge in [-0.2, -0.15) is 0 Å². The van der Waals surface area contributed by atoms with E-state index in [1.165, 1.54) is 6.20 Å². The lowest BCUT2D eigenvalue weighted by Gasteiger charge is -2.01. The SMILES string of the molecule is Cc1ccc(-c2ncc(S(=O)(=O)c3ccc(C)cc3)o2)cc1. The predicted molar refractivity (Wildman–Crippen MR) is 83.3 cm³/mol. The Bertz CT molecular complexity index is 892. The molecule has 0 atom stereocenters. The molecule has 0 saturated carbocycles. The third kappa shape index (κ3) is 2.67. The molecule has 4 nitrogen and oxygen atoms in total. The standard InChI is InChI=1S/C17H15NO3S/c1-12-3-7-14(8-4-12)17-18-11-16(21-17)22(19,20)15-9-5-13(2)6-10-15/h3-11H,1-2H3. The normalized spacial score (nSPS) is 11.5. The molecule has 0 aliphatic heterocycles. The van der Waals surface area contributed by atoms with E-state index in [0.717, 1.165) is 16.7 Å². The van der Waals surface area contributed by atoms with Gasteiger partial charge in [-0.15, -0.1) is 0 Å². The number of nitrogens with zero attached hydrogens (tertiary/aromatic N) is 1. The molecule has 0 fully saturated rings. The molecule has 22 heavy (non-hydrogen) atoms. The lowest BCUT2D eigenvalue weighted by atomic mass is 10.1. The number of benzene rings is 2. The largest absolute Gasteiger partial charge is 0.424 e. The Balaban J connectivity index is 1.99. The highest BCUT2D eigenvalue weighted by Gasteiger charge is 2.23. The second kappa shape index (κ2) is 5.42. The third-order valence-electron chi connectivity index (χ3n) is 3.38. The third-order valence-corrected chi connectivity index (χ3v) is 4.99. The van der Waals surface area contributed by atoms with E-state index in [2.05, 4.69) is 4.98 Å². The van der Waals surface area contributed by atoms with Crippen LogP contribution >= 0.6 is 0 Å².